The molecule has 0 bridgehead atoms. The van der Waals surface area contributed by atoms with E-state index in [0.717, 1.165) is 24.4 Å². The Morgan fingerprint density at radius 2 is 1.83 bits per heavy atom. The zero-order chi connectivity index (χ0) is 15.9. The molecule has 110 valence electrons. The van der Waals surface area contributed by atoms with Gasteiger partial charge in [0.25, 0.3) is 5.69 Å². The number of aryl methyl sites for hydroxylation is 1. The van der Waals surface area contributed by atoms with Crippen LogP contribution in [-0.2, 0) is 6.54 Å². The Morgan fingerprint density at radius 3 is 2.65 bits per heavy atom. The maximum atomic E-state index is 4.26. The van der Waals surface area contributed by atoms with Crippen LogP contribution in [0.15, 0.2) is 60.8 Å². The minimum atomic E-state index is 0.778. The van der Waals surface area contributed by atoms with Gasteiger partial charge in [-0.2, -0.15) is 4.57 Å². The summed E-state index contributed by atoms with van der Waals surface area (Å²) in [5.74, 6) is 12.5. The number of nitrogens with zero attached hydrogens (tertiary/aromatic N) is 2. The molecule has 3 aromatic rings. The monoisotopic (exact) mass is 297 g/mol. The molecule has 0 atom stereocenters. The van der Waals surface area contributed by atoms with E-state index in [1.807, 2.05) is 25.1 Å². The molecule has 0 saturated carbocycles. The smallest absolute Gasteiger partial charge is 0.248 e. The van der Waals surface area contributed by atoms with E-state index >= 15 is 0 Å². The first-order valence-electron chi connectivity index (χ1n) is 7.63. The molecule has 0 fully saturated rings. The molecular formula is C21H17N2+. The largest absolute Gasteiger partial charge is 0.257 e. The number of hydrogen-bond donors (Lipinski definition) is 0. The van der Waals surface area contributed by atoms with Crippen molar-refractivity contribution in [3.05, 3.63) is 72.2 Å². The summed E-state index contributed by atoms with van der Waals surface area (Å²) in [7, 11) is 0. The normalized spacial score (nSPS) is 9.61. The lowest BCUT2D eigenvalue weighted by Gasteiger charge is -2.02. The molecule has 1 aromatic carbocycles. The standard InChI is InChI=1S/C21H17N2/c1-2-3-8-17-23-20(15-13-19-10-6-7-16-22-19)14-12-18-9-4-5-11-21(18)23/h4-7,9-12,14,16H,8,17H2,1H3/q+1. The van der Waals surface area contributed by atoms with E-state index in [-0.39, 0.29) is 0 Å². The van der Waals surface area contributed by atoms with Gasteiger partial charge in [-0.25, -0.2) is 4.98 Å². The summed E-state index contributed by atoms with van der Waals surface area (Å²) in [5.41, 5.74) is 2.94. The zero-order valence-corrected chi connectivity index (χ0v) is 13.1. The van der Waals surface area contributed by atoms with E-state index in [1.165, 1.54) is 10.9 Å². The molecule has 0 aliphatic rings. The van der Waals surface area contributed by atoms with Crippen LogP contribution in [0.3, 0.4) is 0 Å². The van der Waals surface area contributed by atoms with Crippen molar-refractivity contribution in [3.63, 3.8) is 0 Å². The van der Waals surface area contributed by atoms with Crippen LogP contribution in [0.5, 0.6) is 0 Å². The first-order valence-corrected chi connectivity index (χ1v) is 7.63. The molecule has 0 radical (unpaired) electrons. The highest BCUT2D eigenvalue weighted by Gasteiger charge is 2.13. The van der Waals surface area contributed by atoms with Gasteiger partial charge in [0.2, 0.25) is 5.52 Å². The second-order valence-electron chi connectivity index (χ2n) is 5.07. The van der Waals surface area contributed by atoms with Crippen LogP contribution in [0, 0.1) is 23.7 Å². The molecule has 3 rings (SSSR count). The lowest BCUT2D eigenvalue weighted by Crippen LogP contribution is -2.38. The Labute approximate surface area is 136 Å². The Hall–Kier alpha value is -3.10. The lowest BCUT2D eigenvalue weighted by atomic mass is 10.1. The summed E-state index contributed by atoms with van der Waals surface area (Å²) in [6.45, 7) is 2.70. The molecule has 23 heavy (non-hydrogen) atoms. The van der Waals surface area contributed by atoms with Gasteiger partial charge in [0.1, 0.15) is 5.69 Å². The summed E-state index contributed by atoms with van der Waals surface area (Å²) < 4.78 is 2.23. The minimum Gasteiger partial charge on any atom is -0.248 e. The van der Waals surface area contributed by atoms with Gasteiger partial charge in [-0.3, -0.25) is 0 Å². The van der Waals surface area contributed by atoms with Gasteiger partial charge < -0.3 is 0 Å². The van der Waals surface area contributed by atoms with Crippen LogP contribution >= 0.6 is 0 Å². The van der Waals surface area contributed by atoms with Crippen molar-refractivity contribution in [2.45, 2.75) is 19.9 Å². The summed E-state index contributed by atoms with van der Waals surface area (Å²) in [5, 5.41) is 1.21. The number of hydrogen-bond acceptors (Lipinski definition) is 1. The van der Waals surface area contributed by atoms with E-state index < -0.39 is 0 Å². The van der Waals surface area contributed by atoms with Crippen molar-refractivity contribution in [1.82, 2.24) is 4.98 Å². The fourth-order valence-electron chi connectivity index (χ4n) is 2.47. The van der Waals surface area contributed by atoms with E-state index in [9.17, 15) is 0 Å². The number of para-hydroxylation sites is 1. The quantitative estimate of drug-likeness (QED) is 0.524. The predicted octanol–water partition coefficient (Wildman–Crippen LogP) is 3.34. The van der Waals surface area contributed by atoms with Crippen LogP contribution in [0.1, 0.15) is 24.7 Å². The molecule has 0 unspecified atom stereocenters. The molecule has 0 aliphatic carbocycles. The van der Waals surface area contributed by atoms with E-state index in [2.05, 4.69) is 69.6 Å². The van der Waals surface area contributed by atoms with Crippen LogP contribution in [0.4, 0.5) is 0 Å². The summed E-state index contributed by atoms with van der Waals surface area (Å²) in [4.78, 5) is 4.26. The van der Waals surface area contributed by atoms with Gasteiger partial charge in [0.15, 0.2) is 6.54 Å². The average molecular weight is 297 g/mol. The second kappa shape index (κ2) is 7.25. The van der Waals surface area contributed by atoms with Gasteiger partial charge in [-0.1, -0.05) is 24.1 Å². The Balaban J connectivity index is 2.06. The Morgan fingerprint density at radius 1 is 0.957 bits per heavy atom. The van der Waals surface area contributed by atoms with Crippen molar-refractivity contribution < 1.29 is 4.57 Å². The Kier molecular flexibility index (Phi) is 4.67. The molecule has 2 heterocycles. The van der Waals surface area contributed by atoms with Crippen molar-refractivity contribution >= 4 is 10.9 Å². The van der Waals surface area contributed by atoms with Crippen molar-refractivity contribution in [2.75, 3.05) is 0 Å². The van der Waals surface area contributed by atoms with E-state index in [1.54, 1.807) is 6.20 Å². The van der Waals surface area contributed by atoms with Crippen LogP contribution in [0.2, 0.25) is 0 Å². The number of fused-ring (bicyclic) bond motifs is 1. The molecule has 0 spiro atoms. The number of pyridine rings is 2. The zero-order valence-electron chi connectivity index (χ0n) is 13.1. The second-order valence-corrected chi connectivity index (χ2v) is 5.07. The van der Waals surface area contributed by atoms with Crippen LogP contribution in [-0.4, -0.2) is 4.98 Å². The first kappa shape index (κ1) is 14.8. The number of aromatic nitrogens is 2. The van der Waals surface area contributed by atoms with Crippen molar-refractivity contribution in [3.8, 4) is 23.7 Å². The molecule has 2 heteroatoms. The topological polar surface area (TPSA) is 16.8 Å². The fraction of sp³-hybridized carbons (Fsp3) is 0.143. The van der Waals surface area contributed by atoms with Gasteiger partial charge in [-0.15, -0.1) is 5.92 Å². The minimum absolute atomic E-state index is 0.778. The fourth-order valence-corrected chi connectivity index (χ4v) is 2.47. The highest BCUT2D eigenvalue weighted by Crippen LogP contribution is 2.10. The van der Waals surface area contributed by atoms with Crippen molar-refractivity contribution in [1.29, 1.82) is 0 Å². The maximum Gasteiger partial charge on any atom is 0.257 e. The van der Waals surface area contributed by atoms with Crippen LogP contribution in [0.25, 0.3) is 10.9 Å². The van der Waals surface area contributed by atoms with Crippen LogP contribution < -0.4 is 4.57 Å². The van der Waals surface area contributed by atoms with Gasteiger partial charge in [-0.05, 0) is 37.1 Å². The molecule has 2 aromatic heterocycles. The highest BCUT2D eigenvalue weighted by molar-refractivity contribution is 5.75. The Bertz CT molecular complexity index is 935. The maximum absolute atomic E-state index is 4.26. The average Bonchev–Trinajstić information content (AvgIpc) is 2.62. The number of rotatable bonds is 2. The molecule has 0 aliphatic heterocycles. The lowest BCUT2D eigenvalue weighted by molar-refractivity contribution is -0.672. The van der Waals surface area contributed by atoms with Crippen molar-refractivity contribution in [2.24, 2.45) is 0 Å². The highest BCUT2D eigenvalue weighted by atomic mass is 15.0. The van der Waals surface area contributed by atoms with Gasteiger partial charge >= 0.3 is 0 Å². The summed E-state index contributed by atoms with van der Waals surface area (Å²) in [6, 6.07) is 18.3. The molecular weight excluding hydrogens is 280 g/mol. The molecule has 0 saturated heterocycles. The SMILES string of the molecule is CC#CCC[n+]1c(C#Cc2ccccn2)ccc2ccccc21. The third-order valence-electron chi connectivity index (χ3n) is 3.56. The summed E-state index contributed by atoms with van der Waals surface area (Å²) >= 11 is 0. The van der Waals surface area contributed by atoms with Gasteiger partial charge in [0, 0.05) is 29.6 Å². The van der Waals surface area contributed by atoms with E-state index in [0.29, 0.717) is 0 Å². The third kappa shape index (κ3) is 3.57. The van der Waals surface area contributed by atoms with E-state index in [4.69, 9.17) is 0 Å². The summed E-state index contributed by atoms with van der Waals surface area (Å²) in [6.07, 6.45) is 2.57. The first-order chi connectivity index (χ1) is 11.4. The molecule has 2 nitrogen and oxygen atoms in total. The predicted molar refractivity (Wildman–Crippen MR) is 92.4 cm³/mol. The third-order valence-corrected chi connectivity index (χ3v) is 3.56. The van der Waals surface area contributed by atoms with Gasteiger partial charge in [0.05, 0.1) is 6.42 Å². The molecule has 0 N–H and O–H groups in total. The number of benzene rings is 1. The molecule has 0 amide bonds.